The summed E-state index contributed by atoms with van der Waals surface area (Å²) in [5.74, 6) is -0.362. The van der Waals surface area contributed by atoms with Gasteiger partial charge < -0.3 is 15.0 Å². The van der Waals surface area contributed by atoms with Crippen molar-refractivity contribution in [1.29, 1.82) is 0 Å². The molecule has 0 bridgehead atoms. The number of hydrogen-bond acceptors (Lipinski definition) is 6. The predicted octanol–water partition coefficient (Wildman–Crippen LogP) is 2.13. The molecule has 2 heterocycles. The van der Waals surface area contributed by atoms with Crippen molar-refractivity contribution in [2.45, 2.75) is 38.8 Å². The fraction of sp³-hybridized carbons (Fsp3) is 0.692. The third kappa shape index (κ3) is 3.25. The first-order chi connectivity index (χ1) is 9.01. The maximum absolute atomic E-state index is 11.5. The molecule has 1 fully saturated rings. The Labute approximate surface area is 118 Å². The number of piperidine rings is 1. The van der Waals surface area contributed by atoms with Crippen LogP contribution in [0.5, 0.6) is 0 Å². The molecule has 6 heteroatoms. The number of esters is 1. The van der Waals surface area contributed by atoms with Crippen molar-refractivity contribution in [2.24, 2.45) is 0 Å². The number of nitrogens with one attached hydrogen (secondary N) is 1. The summed E-state index contributed by atoms with van der Waals surface area (Å²) >= 11 is 1.52. The summed E-state index contributed by atoms with van der Waals surface area (Å²) in [4.78, 5) is 19.1. The third-order valence-corrected chi connectivity index (χ3v) is 4.61. The highest BCUT2D eigenvalue weighted by Crippen LogP contribution is 2.26. The lowest BCUT2D eigenvalue weighted by Crippen LogP contribution is -2.42. The number of ether oxygens (including phenoxy) is 1. The molecule has 19 heavy (non-hydrogen) atoms. The van der Waals surface area contributed by atoms with Gasteiger partial charge in [-0.2, -0.15) is 0 Å². The van der Waals surface area contributed by atoms with E-state index in [1.54, 1.807) is 0 Å². The predicted molar refractivity (Wildman–Crippen MR) is 76.9 cm³/mol. The highest BCUT2D eigenvalue weighted by atomic mass is 32.1. The number of anilines is 1. The topological polar surface area (TPSA) is 54.5 Å². The van der Waals surface area contributed by atoms with E-state index in [0.29, 0.717) is 17.8 Å². The molecular weight excluding hydrogens is 262 g/mol. The van der Waals surface area contributed by atoms with Gasteiger partial charge in [-0.3, -0.25) is 0 Å². The van der Waals surface area contributed by atoms with Gasteiger partial charge in [0.25, 0.3) is 0 Å². The Balaban J connectivity index is 2.02. The van der Waals surface area contributed by atoms with E-state index < -0.39 is 0 Å². The lowest BCUT2D eigenvalue weighted by Gasteiger charge is -2.35. The summed E-state index contributed by atoms with van der Waals surface area (Å²) in [7, 11) is 3.54. The zero-order valence-corrected chi connectivity index (χ0v) is 12.7. The number of methoxy groups -OCH3 is 1. The molecule has 2 atom stereocenters. The molecule has 2 unspecified atom stereocenters. The molecule has 0 spiro atoms. The van der Waals surface area contributed by atoms with E-state index in [2.05, 4.69) is 29.2 Å². The normalized spacial score (nSPS) is 24.2. The highest BCUT2D eigenvalue weighted by molar-refractivity contribution is 7.15. The SMILES string of the molecule is COC(=O)c1nc(NC2CCN(C)C(C)C2)sc1C. The highest BCUT2D eigenvalue weighted by Gasteiger charge is 2.24. The van der Waals surface area contributed by atoms with Gasteiger partial charge in [0, 0.05) is 23.5 Å². The largest absolute Gasteiger partial charge is 0.464 e. The van der Waals surface area contributed by atoms with Crippen LogP contribution < -0.4 is 5.32 Å². The molecule has 1 saturated heterocycles. The van der Waals surface area contributed by atoms with Gasteiger partial charge in [0.15, 0.2) is 10.8 Å². The van der Waals surface area contributed by atoms with Crippen LogP contribution in [0, 0.1) is 6.92 Å². The number of nitrogens with zero attached hydrogens (tertiary/aromatic N) is 2. The second kappa shape index (κ2) is 5.88. The van der Waals surface area contributed by atoms with Crippen LogP contribution in [0.4, 0.5) is 5.13 Å². The smallest absolute Gasteiger partial charge is 0.357 e. The second-order valence-electron chi connectivity index (χ2n) is 5.11. The Morgan fingerprint density at radius 2 is 2.32 bits per heavy atom. The number of aryl methyl sites for hydroxylation is 1. The summed E-state index contributed by atoms with van der Waals surface area (Å²) in [6, 6.07) is 1.01. The van der Waals surface area contributed by atoms with Crippen LogP contribution in [-0.4, -0.2) is 48.6 Å². The average Bonchev–Trinajstić information content (AvgIpc) is 2.74. The first-order valence-corrected chi connectivity index (χ1v) is 7.35. The van der Waals surface area contributed by atoms with Crippen LogP contribution in [0.3, 0.4) is 0 Å². The molecule has 1 aromatic rings. The van der Waals surface area contributed by atoms with Crippen molar-refractivity contribution in [3.63, 3.8) is 0 Å². The van der Waals surface area contributed by atoms with Gasteiger partial charge in [-0.1, -0.05) is 0 Å². The summed E-state index contributed by atoms with van der Waals surface area (Å²) < 4.78 is 4.72. The summed E-state index contributed by atoms with van der Waals surface area (Å²) in [5.41, 5.74) is 0.427. The number of thiazole rings is 1. The molecule has 106 valence electrons. The Morgan fingerprint density at radius 3 is 2.95 bits per heavy atom. The molecule has 2 rings (SSSR count). The Hall–Kier alpha value is -1.14. The van der Waals surface area contributed by atoms with Crippen LogP contribution in [0.25, 0.3) is 0 Å². The van der Waals surface area contributed by atoms with E-state index >= 15 is 0 Å². The maximum Gasteiger partial charge on any atom is 0.357 e. The minimum Gasteiger partial charge on any atom is -0.464 e. The number of hydrogen-bond donors (Lipinski definition) is 1. The molecule has 0 aromatic carbocycles. The lowest BCUT2D eigenvalue weighted by molar-refractivity contribution is 0.0594. The van der Waals surface area contributed by atoms with Crippen LogP contribution >= 0.6 is 11.3 Å². The number of carbonyl (C=O) groups is 1. The molecule has 1 aromatic heterocycles. The van der Waals surface area contributed by atoms with Gasteiger partial charge in [0.05, 0.1) is 7.11 Å². The number of likely N-dealkylation sites (tertiary alicyclic amines) is 1. The van der Waals surface area contributed by atoms with E-state index in [1.807, 2.05) is 6.92 Å². The van der Waals surface area contributed by atoms with E-state index in [-0.39, 0.29) is 5.97 Å². The van der Waals surface area contributed by atoms with E-state index in [1.165, 1.54) is 18.4 Å². The zero-order valence-electron chi connectivity index (χ0n) is 11.9. The average molecular weight is 283 g/mol. The summed E-state index contributed by atoms with van der Waals surface area (Å²) in [6.07, 6.45) is 2.20. The monoisotopic (exact) mass is 283 g/mol. The fourth-order valence-electron chi connectivity index (χ4n) is 2.34. The second-order valence-corrected chi connectivity index (χ2v) is 6.31. The van der Waals surface area contributed by atoms with Crippen molar-refractivity contribution in [2.75, 3.05) is 26.0 Å². The van der Waals surface area contributed by atoms with Crippen LogP contribution in [0.2, 0.25) is 0 Å². The van der Waals surface area contributed by atoms with E-state index in [4.69, 9.17) is 4.74 Å². The third-order valence-electron chi connectivity index (χ3n) is 3.71. The summed E-state index contributed by atoms with van der Waals surface area (Å²) in [6.45, 7) is 5.22. The maximum atomic E-state index is 11.5. The van der Waals surface area contributed by atoms with Crippen molar-refractivity contribution >= 4 is 22.4 Å². The molecule has 0 radical (unpaired) electrons. The number of carbonyl (C=O) groups excluding carboxylic acids is 1. The first-order valence-electron chi connectivity index (χ1n) is 6.53. The molecule has 0 amide bonds. The minimum absolute atomic E-state index is 0.362. The van der Waals surface area contributed by atoms with Crippen LogP contribution in [0.15, 0.2) is 0 Å². The lowest BCUT2D eigenvalue weighted by atomic mass is 9.99. The fourth-order valence-corrected chi connectivity index (χ4v) is 3.22. The molecular formula is C13H21N3O2S. The summed E-state index contributed by atoms with van der Waals surface area (Å²) in [5, 5.41) is 4.26. The Morgan fingerprint density at radius 1 is 1.58 bits per heavy atom. The van der Waals surface area contributed by atoms with Crippen molar-refractivity contribution in [1.82, 2.24) is 9.88 Å². The van der Waals surface area contributed by atoms with Gasteiger partial charge in [-0.15, -0.1) is 11.3 Å². The Bertz CT molecular complexity index is 461. The Kier molecular flexibility index (Phi) is 4.42. The van der Waals surface area contributed by atoms with Crippen LogP contribution in [-0.2, 0) is 4.74 Å². The minimum atomic E-state index is -0.362. The van der Waals surface area contributed by atoms with E-state index in [0.717, 1.165) is 29.4 Å². The van der Waals surface area contributed by atoms with Gasteiger partial charge >= 0.3 is 5.97 Å². The number of aromatic nitrogens is 1. The van der Waals surface area contributed by atoms with Gasteiger partial charge in [-0.05, 0) is 33.7 Å². The standard InChI is InChI=1S/C13H21N3O2S/c1-8-7-10(5-6-16(8)3)14-13-15-11(9(2)19-13)12(17)18-4/h8,10H,5-7H2,1-4H3,(H,14,15). The van der Waals surface area contributed by atoms with Crippen LogP contribution in [0.1, 0.15) is 35.1 Å². The quantitative estimate of drug-likeness (QED) is 0.861. The molecule has 1 N–H and O–H groups in total. The van der Waals surface area contributed by atoms with E-state index in [9.17, 15) is 4.79 Å². The molecule has 5 nitrogen and oxygen atoms in total. The number of rotatable bonds is 3. The molecule has 0 saturated carbocycles. The van der Waals surface area contributed by atoms with Gasteiger partial charge in [0.2, 0.25) is 0 Å². The van der Waals surface area contributed by atoms with Gasteiger partial charge in [0.1, 0.15) is 0 Å². The zero-order chi connectivity index (χ0) is 14.0. The molecule has 0 aliphatic carbocycles. The van der Waals surface area contributed by atoms with Gasteiger partial charge in [-0.25, -0.2) is 9.78 Å². The van der Waals surface area contributed by atoms with Crippen molar-refractivity contribution in [3.05, 3.63) is 10.6 Å². The van der Waals surface area contributed by atoms with Crippen molar-refractivity contribution in [3.8, 4) is 0 Å². The molecule has 1 aliphatic rings. The molecule has 1 aliphatic heterocycles. The first kappa shape index (κ1) is 14.3. The van der Waals surface area contributed by atoms with Crippen molar-refractivity contribution < 1.29 is 9.53 Å².